The molecule has 7 heteroatoms. The van der Waals surface area contributed by atoms with Crippen molar-refractivity contribution in [3.05, 3.63) is 29.8 Å². The molecule has 0 amide bonds. The average molecular weight is 476 g/mol. The summed E-state index contributed by atoms with van der Waals surface area (Å²) in [5.41, 5.74) is -0.0231. The molecule has 1 aliphatic rings. The Hall–Kier alpha value is -2.41. The zero-order valence-corrected chi connectivity index (χ0v) is 21.7. The molecule has 0 aromatic heterocycles. The van der Waals surface area contributed by atoms with Crippen molar-refractivity contribution in [2.75, 3.05) is 31.2 Å². The molecule has 0 heterocycles. The highest BCUT2D eigenvalue weighted by atomic mass is 16.5. The summed E-state index contributed by atoms with van der Waals surface area (Å²) < 4.78 is 11.0. The molecule has 1 aromatic carbocycles. The van der Waals surface area contributed by atoms with Crippen molar-refractivity contribution < 1.29 is 29.0 Å². The molecule has 0 saturated heterocycles. The fourth-order valence-corrected chi connectivity index (χ4v) is 4.59. The van der Waals surface area contributed by atoms with Crippen LogP contribution in [-0.4, -0.2) is 54.7 Å². The molecule has 1 N–H and O–H groups in total. The van der Waals surface area contributed by atoms with Crippen LogP contribution in [0.3, 0.4) is 0 Å². The summed E-state index contributed by atoms with van der Waals surface area (Å²) in [5, 5.41) is 11.2. The minimum Gasteiger partial charge on any atom is -0.465 e. The third-order valence-electron chi connectivity index (χ3n) is 6.30. The van der Waals surface area contributed by atoms with Gasteiger partial charge in [-0.1, -0.05) is 39.8 Å². The Labute approximate surface area is 203 Å². The number of aliphatic hydroxyl groups is 1. The van der Waals surface area contributed by atoms with E-state index < -0.39 is 41.1 Å². The normalized spacial score (nSPS) is 24.9. The fraction of sp³-hybridized carbons (Fsp3) is 0.667. The Balaban J connectivity index is 2.55. The van der Waals surface area contributed by atoms with Crippen molar-refractivity contribution in [3.8, 4) is 0 Å². The highest BCUT2D eigenvalue weighted by Gasteiger charge is 2.57. The second-order valence-electron chi connectivity index (χ2n) is 10.3. The van der Waals surface area contributed by atoms with Crippen LogP contribution in [-0.2, 0) is 23.9 Å². The van der Waals surface area contributed by atoms with E-state index in [0.29, 0.717) is 5.56 Å². The predicted octanol–water partition coefficient (Wildman–Crippen LogP) is 3.97. The number of nitrogens with zero attached hydrogens (tertiary/aromatic N) is 1. The zero-order valence-electron chi connectivity index (χ0n) is 21.7. The number of benzene rings is 1. The molecule has 1 saturated carbocycles. The number of ketones is 1. The maximum absolute atomic E-state index is 13.3. The van der Waals surface area contributed by atoms with Crippen molar-refractivity contribution in [1.82, 2.24) is 0 Å². The zero-order chi connectivity index (χ0) is 25.6. The summed E-state index contributed by atoms with van der Waals surface area (Å²) in [6, 6.07) is 7.50. The number of hydrogen-bond donors (Lipinski definition) is 1. The first-order valence-electron chi connectivity index (χ1n) is 12.4. The fourth-order valence-electron chi connectivity index (χ4n) is 4.59. The Morgan fingerprint density at radius 2 is 1.50 bits per heavy atom. The van der Waals surface area contributed by atoms with Crippen LogP contribution in [0.15, 0.2) is 24.3 Å². The number of carbonyl (C=O) groups excluding carboxylic acids is 3. The van der Waals surface area contributed by atoms with Gasteiger partial charge in [-0.05, 0) is 50.3 Å². The summed E-state index contributed by atoms with van der Waals surface area (Å²) in [6.45, 7) is 15.3. The van der Waals surface area contributed by atoms with Crippen LogP contribution in [0.1, 0.15) is 66.4 Å². The molecule has 7 nitrogen and oxygen atoms in total. The highest BCUT2D eigenvalue weighted by molar-refractivity contribution is 6.02. The molecular weight excluding hydrogens is 434 g/mol. The van der Waals surface area contributed by atoms with Gasteiger partial charge in [-0.2, -0.15) is 0 Å². The monoisotopic (exact) mass is 475 g/mol. The second-order valence-corrected chi connectivity index (χ2v) is 10.3. The van der Waals surface area contributed by atoms with Crippen LogP contribution in [0.4, 0.5) is 5.69 Å². The van der Waals surface area contributed by atoms with Crippen LogP contribution < -0.4 is 4.90 Å². The van der Waals surface area contributed by atoms with E-state index in [-0.39, 0.29) is 31.5 Å². The van der Waals surface area contributed by atoms with Crippen molar-refractivity contribution in [2.45, 2.75) is 66.4 Å². The van der Waals surface area contributed by atoms with E-state index in [2.05, 4.69) is 18.7 Å². The molecule has 0 bridgehead atoms. The molecule has 0 aliphatic heterocycles. The molecule has 0 radical (unpaired) electrons. The lowest BCUT2D eigenvalue weighted by Gasteiger charge is -2.43. The van der Waals surface area contributed by atoms with E-state index in [4.69, 9.17) is 9.47 Å². The van der Waals surface area contributed by atoms with Gasteiger partial charge >= 0.3 is 11.9 Å². The molecule has 1 aromatic rings. The number of carbonyl (C=O) groups is 3. The van der Waals surface area contributed by atoms with Crippen LogP contribution in [0.25, 0.3) is 0 Å². The van der Waals surface area contributed by atoms with Crippen LogP contribution in [0, 0.1) is 23.7 Å². The Kier molecular flexibility index (Phi) is 9.68. The lowest BCUT2D eigenvalue weighted by atomic mass is 9.61. The molecule has 1 aliphatic carbocycles. The SMILES string of the molecule is CCN(CC)c1ccc([C@@H]2[C@H](C(=O)OCC(C)C)C(=O)C[C@@](C)(O)[C@@H]2C(=O)OCC(C)C)cc1. The van der Waals surface area contributed by atoms with Gasteiger partial charge in [-0.15, -0.1) is 0 Å². The van der Waals surface area contributed by atoms with Gasteiger partial charge in [0.15, 0.2) is 5.78 Å². The van der Waals surface area contributed by atoms with E-state index in [9.17, 15) is 19.5 Å². The molecule has 0 spiro atoms. The molecule has 4 atom stereocenters. The van der Waals surface area contributed by atoms with Crippen LogP contribution >= 0.6 is 0 Å². The first kappa shape index (κ1) is 27.8. The lowest BCUT2D eigenvalue weighted by molar-refractivity contribution is -0.173. The summed E-state index contributed by atoms with van der Waals surface area (Å²) in [4.78, 5) is 41.7. The standard InChI is InChI=1S/C27H41NO6/c1-8-28(9-2)20-12-10-19(11-13-20)22-23(25(30)33-15-17(3)4)21(29)14-27(7,32)24(22)26(31)34-16-18(5)6/h10-13,17-18,22-24,32H,8-9,14-16H2,1-7H3/t22-,23-,24+,27-/m1/s1. The number of rotatable bonds is 10. The molecule has 1 fully saturated rings. The summed E-state index contributed by atoms with van der Waals surface area (Å²) in [7, 11) is 0. The smallest absolute Gasteiger partial charge is 0.317 e. The van der Waals surface area contributed by atoms with Gasteiger partial charge in [0.25, 0.3) is 0 Å². The van der Waals surface area contributed by atoms with Gasteiger partial charge in [-0.3, -0.25) is 14.4 Å². The van der Waals surface area contributed by atoms with Crippen molar-refractivity contribution in [2.24, 2.45) is 23.7 Å². The van der Waals surface area contributed by atoms with E-state index in [1.54, 1.807) is 0 Å². The maximum atomic E-state index is 13.3. The molecule has 2 rings (SSSR count). The maximum Gasteiger partial charge on any atom is 0.317 e. The molecular formula is C27H41NO6. The van der Waals surface area contributed by atoms with Gasteiger partial charge in [-0.25, -0.2) is 0 Å². The number of anilines is 1. The van der Waals surface area contributed by atoms with Gasteiger partial charge < -0.3 is 19.5 Å². The van der Waals surface area contributed by atoms with Crippen molar-refractivity contribution >= 4 is 23.4 Å². The van der Waals surface area contributed by atoms with Crippen molar-refractivity contribution in [1.29, 1.82) is 0 Å². The third-order valence-corrected chi connectivity index (χ3v) is 6.30. The van der Waals surface area contributed by atoms with Gasteiger partial charge in [0.05, 0.1) is 24.7 Å². The van der Waals surface area contributed by atoms with Gasteiger partial charge in [0.2, 0.25) is 0 Å². The molecule has 34 heavy (non-hydrogen) atoms. The lowest BCUT2D eigenvalue weighted by Crippen LogP contribution is -2.55. The van der Waals surface area contributed by atoms with Crippen LogP contribution in [0.2, 0.25) is 0 Å². The van der Waals surface area contributed by atoms with E-state index in [1.807, 2.05) is 52.0 Å². The minimum atomic E-state index is -1.65. The van der Waals surface area contributed by atoms with Crippen LogP contribution in [0.5, 0.6) is 0 Å². The topological polar surface area (TPSA) is 93.1 Å². The van der Waals surface area contributed by atoms with E-state index in [0.717, 1.165) is 18.8 Å². The number of ether oxygens (including phenoxy) is 2. The number of Topliss-reactive ketones (excluding diaryl/α,β-unsaturated/α-hetero) is 1. The van der Waals surface area contributed by atoms with Gasteiger partial charge in [0, 0.05) is 31.1 Å². The number of hydrogen-bond acceptors (Lipinski definition) is 7. The van der Waals surface area contributed by atoms with E-state index in [1.165, 1.54) is 6.92 Å². The average Bonchev–Trinajstić information content (AvgIpc) is 2.76. The molecule has 190 valence electrons. The first-order chi connectivity index (χ1) is 15.9. The van der Waals surface area contributed by atoms with E-state index >= 15 is 0 Å². The quantitative estimate of drug-likeness (QED) is 0.404. The Morgan fingerprint density at radius 3 is 1.97 bits per heavy atom. The predicted molar refractivity (Wildman–Crippen MR) is 132 cm³/mol. The Bertz CT molecular complexity index is 841. The van der Waals surface area contributed by atoms with Gasteiger partial charge in [0.1, 0.15) is 5.92 Å². The largest absolute Gasteiger partial charge is 0.465 e. The minimum absolute atomic E-state index is 0.101. The Morgan fingerprint density at radius 1 is 1.00 bits per heavy atom. The summed E-state index contributed by atoms with van der Waals surface area (Å²) in [6.07, 6.45) is -0.316. The summed E-state index contributed by atoms with van der Waals surface area (Å²) in [5.74, 6) is -4.64. The molecule has 0 unspecified atom stereocenters. The second kappa shape index (κ2) is 11.8. The highest BCUT2D eigenvalue weighted by Crippen LogP contribution is 2.47. The number of esters is 2. The first-order valence-corrected chi connectivity index (χ1v) is 12.4. The third kappa shape index (κ3) is 6.59. The van der Waals surface area contributed by atoms with Crippen molar-refractivity contribution in [3.63, 3.8) is 0 Å². The summed E-state index contributed by atoms with van der Waals surface area (Å²) >= 11 is 0.